The van der Waals surface area contributed by atoms with E-state index in [1.807, 2.05) is 6.08 Å². The van der Waals surface area contributed by atoms with Crippen LogP contribution in [0.15, 0.2) is 24.0 Å². The zero-order valence-electron chi connectivity index (χ0n) is 4.80. The molecule has 0 saturated carbocycles. The quantitative estimate of drug-likeness (QED) is 0.474. The predicted octanol–water partition coefficient (Wildman–Crippen LogP) is 2.17. The van der Waals surface area contributed by atoms with Gasteiger partial charge in [-0.25, -0.2) is 0 Å². The van der Waals surface area contributed by atoms with Crippen LogP contribution in [0.1, 0.15) is 19.3 Å². The van der Waals surface area contributed by atoms with E-state index >= 15 is 0 Å². The average molecular weight is 110 g/mol. The van der Waals surface area contributed by atoms with Crippen molar-refractivity contribution in [2.75, 3.05) is 0 Å². The molecule has 0 unspecified atom stereocenters. The molecule has 0 saturated heterocycles. The number of aliphatic hydroxyl groups is 1. The second kappa shape index (κ2) is 2.55. The Kier molecular flexibility index (Phi) is 1.73. The largest absolute Gasteiger partial charge is 0.515 e. The van der Waals surface area contributed by atoms with Gasteiger partial charge < -0.3 is 5.11 Å². The van der Waals surface area contributed by atoms with Crippen LogP contribution >= 0.6 is 0 Å². The highest BCUT2D eigenvalue weighted by atomic mass is 16.2. The van der Waals surface area contributed by atoms with Gasteiger partial charge in [0.2, 0.25) is 0 Å². The van der Waals surface area contributed by atoms with Gasteiger partial charge in [-0.1, -0.05) is 12.2 Å². The first-order valence-corrected chi connectivity index (χ1v) is 2.93. The summed E-state index contributed by atoms with van der Waals surface area (Å²) >= 11 is 0. The van der Waals surface area contributed by atoms with Crippen LogP contribution in [-0.4, -0.2) is 5.11 Å². The Bertz CT molecular complexity index is 122. The van der Waals surface area contributed by atoms with Crippen molar-refractivity contribution in [2.24, 2.45) is 0 Å². The van der Waals surface area contributed by atoms with Crippen LogP contribution in [0.3, 0.4) is 0 Å². The highest BCUT2D eigenvalue weighted by molar-refractivity contribution is 5.18. The molecule has 1 heteroatoms. The molecule has 1 N–H and O–H groups in total. The summed E-state index contributed by atoms with van der Waals surface area (Å²) in [6.07, 6.45) is 8.64. The van der Waals surface area contributed by atoms with Crippen LogP contribution < -0.4 is 0 Å². The van der Waals surface area contributed by atoms with Crippen molar-refractivity contribution in [3.63, 3.8) is 0 Å². The number of aliphatic hydroxyl groups excluding tert-OH is 1. The summed E-state index contributed by atoms with van der Waals surface area (Å²) in [5.74, 6) is 0. The van der Waals surface area contributed by atoms with Gasteiger partial charge in [-0.2, -0.15) is 0 Å². The summed E-state index contributed by atoms with van der Waals surface area (Å²) in [5.41, 5.74) is 1.05. The van der Waals surface area contributed by atoms with E-state index in [-0.39, 0.29) is 0 Å². The number of hydrogen-bond acceptors (Lipinski definition) is 1. The maximum atomic E-state index is 8.48. The van der Waals surface area contributed by atoms with Crippen molar-refractivity contribution in [3.8, 4) is 0 Å². The molecule has 1 nitrogen and oxygen atoms in total. The van der Waals surface area contributed by atoms with Gasteiger partial charge in [0.05, 0.1) is 6.26 Å². The second-order valence-electron chi connectivity index (χ2n) is 2.00. The maximum absolute atomic E-state index is 8.48. The Morgan fingerprint density at radius 2 is 2.50 bits per heavy atom. The number of rotatable bonds is 0. The lowest BCUT2D eigenvalue weighted by Gasteiger charge is -2.03. The average Bonchev–Trinajstić information content (AvgIpc) is 1.90. The Balaban J connectivity index is 2.56. The fourth-order valence-corrected chi connectivity index (χ4v) is 0.850. The van der Waals surface area contributed by atoms with Gasteiger partial charge in [-0.3, -0.25) is 0 Å². The third kappa shape index (κ3) is 1.12. The molecule has 0 radical (unpaired) electrons. The molecular weight excluding hydrogens is 100 g/mol. The molecule has 1 rings (SSSR count). The van der Waals surface area contributed by atoms with E-state index in [2.05, 4.69) is 6.08 Å². The Labute approximate surface area is 49.3 Å². The van der Waals surface area contributed by atoms with Crippen LogP contribution in [-0.2, 0) is 0 Å². The van der Waals surface area contributed by atoms with Gasteiger partial charge in [0.1, 0.15) is 0 Å². The molecule has 0 bridgehead atoms. The van der Waals surface area contributed by atoms with Crippen molar-refractivity contribution in [3.05, 3.63) is 24.0 Å². The van der Waals surface area contributed by atoms with E-state index in [9.17, 15) is 0 Å². The van der Waals surface area contributed by atoms with Gasteiger partial charge in [-0.15, -0.1) is 0 Å². The first kappa shape index (κ1) is 5.42. The monoisotopic (exact) mass is 110 g/mol. The summed E-state index contributed by atoms with van der Waals surface area (Å²) < 4.78 is 0. The van der Waals surface area contributed by atoms with Gasteiger partial charge in [0.25, 0.3) is 0 Å². The van der Waals surface area contributed by atoms with Gasteiger partial charge >= 0.3 is 0 Å². The molecule has 0 fully saturated rings. The molecule has 0 aromatic rings. The van der Waals surface area contributed by atoms with Crippen LogP contribution in [0.4, 0.5) is 0 Å². The molecule has 0 heterocycles. The summed E-state index contributed by atoms with van der Waals surface area (Å²) in [6, 6.07) is 0. The van der Waals surface area contributed by atoms with Crippen LogP contribution in [0.25, 0.3) is 0 Å². The Morgan fingerprint density at radius 1 is 1.62 bits per heavy atom. The zero-order valence-corrected chi connectivity index (χ0v) is 4.80. The lowest BCUT2D eigenvalue weighted by Crippen LogP contribution is -1.84. The molecule has 8 heavy (non-hydrogen) atoms. The van der Waals surface area contributed by atoms with Crippen LogP contribution in [0.5, 0.6) is 0 Å². The van der Waals surface area contributed by atoms with E-state index in [1.165, 1.54) is 12.7 Å². The minimum atomic E-state index is 1.03. The van der Waals surface area contributed by atoms with Gasteiger partial charge in [0.15, 0.2) is 0 Å². The predicted molar refractivity (Wildman–Crippen MR) is 33.7 cm³/mol. The molecule has 44 valence electrons. The molecule has 1 aliphatic carbocycles. The minimum absolute atomic E-state index is 1.03. The lowest BCUT2D eigenvalue weighted by atomic mass is 10.0. The van der Waals surface area contributed by atoms with Crippen molar-refractivity contribution in [1.29, 1.82) is 0 Å². The minimum Gasteiger partial charge on any atom is -0.515 e. The van der Waals surface area contributed by atoms with E-state index in [1.54, 1.807) is 0 Å². The molecule has 0 aromatic carbocycles. The van der Waals surface area contributed by atoms with E-state index in [0.717, 1.165) is 18.4 Å². The molecular formula is C7H10O. The van der Waals surface area contributed by atoms with E-state index < -0.39 is 0 Å². The highest BCUT2D eigenvalue weighted by Crippen LogP contribution is 2.14. The molecule has 0 amide bonds. The topological polar surface area (TPSA) is 20.2 Å². The van der Waals surface area contributed by atoms with Crippen molar-refractivity contribution < 1.29 is 5.11 Å². The van der Waals surface area contributed by atoms with Crippen LogP contribution in [0, 0.1) is 0 Å². The molecule has 0 aromatic heterocycles. The van der Waals surface area contributed by atoms with Gasteiger partial charge in [-0.05, 0) is 24.8 Å². The van der Waals surface area contributed by atoms with Gasteiger partial charge in [0, 0.05) is 0 Å². The second-order valence-corrected chi connectivity index (χ2v) is 2.00. The molecule has 0 atom stereocenters. The summed E-state index contributed by atoms with van der Waals surface area (Å²) in [5, 5.41) is 8.48. The van der Waals surface area contributed by atoms with E-state index in [4.69, 9.17) is 5.11 Å². The van der Waals surface area contributed by atoms with Crippen molar-refractivity contribution in [1.82, 2.24) is 0 Å². The standard InChI is InChI=1S/C7H10O/c8-6-7-4-2-1-3-5-7/h2,4,6,8H,1,3,5H2/b7-6-. The molecule has 1 aliphatic rings. The van der Waals surface area contributed by atoms with Crippen molar-refractivity contribution in [2.45, 2.75) is 19.3 Å². The SMILES string of the molecule is O/C=C1/C=CCCC1. The fraction of sp³-hybridized carbons (Fsp3) is 0.429. The fourth-order valence-electron chi connectivity index (χ4n) is 0.850. The number of allylic oxidation sites excluding steroid dienone is 3. The summed E-state index contributed by atoms with van der Waals surface area (Å²) in [7, 11) is 0. The molecule has 0 spiro atoms. The first-order chi connectivity index (χ1) is 3.93. The highest BCUT2D eigenvalue weighted by Gasteiger charge is 1.96. The third-order valence-corrected chi connectivity index (χ3v) is 1.33. The Hall–Kier alpha value is -0.720. The first-order valence-electron chi connectivity index (χ1n) is 2.93. The molecule has 0 aliphatic heterocycles. The van der Waals surface area contributed by atoms with Crippen LogP contribution in [0.2, 0.25) is 0 Å². The summed E-state index contributed by atoms with van der Waals surface area (Å²) in [6.45, 7) is 0. The summed E-state index contributed by atoms with van der Waals surface area (Å²) in [4.78, 5) is 0. The van der Waals surface area contributed by atoms with E-state index in [0.29, 0.717) is 0 Å². The third-order valence-electron chi connectivity index (χ3n) is 1.33. The smallest absolute Gasteiger partial charge is 0.0823 e. The van der Waals surface area contributed by atoms with Crippen molar-refractivity contribution >= 4 is 0 Å². The Morgan fingerprint density at radius 3 is 2.88 bits per heavy atom. The lowest BCUT2D eigenvalue weighted by molar-refractivity contribution is 0.465. The number of hydrogen-bond donors (Lipinski definition) is 1. The normalized spacial score (nSPS) is 24.2. The zero-order chi connectivity index (χ0) is 5.82. The maximum Gasteiger partial charge on any atom is 0.0823 e.